The summed E-state index contributed by atoms with van der Waals surface area (Å²) in [4.78, 5) is 25.4. The van der Waals surface area contributed by atoms with E-state index in [1.54, 1.807) is 26.2 Å². The molecule has 1 aromatic carbocycles. The Morgan fingerprint density at radius 1 is 1.26 bits per heavy atom. The average molecular weight is 411 g/mol. The summed E-state index contributed by atoms with van der Waals surface area (Å²) < 4.78 is 21.5. The van der Waals surface area contributed by atoms with E-state index >= 15 is 0 Å². The Morgan fingerprint density at radius 2 is 1.93 bits per heavy atom. The summed E-state index contributed by atoms with van der Waals surface area (Å²) >= 11 is 1.47. The van der Waals surface area contributed by atoms with E-state index in [2.05, 4.69) is 10.0 Å². The quantitative estimate of drug-likeness (QED) is 0.754. The van der Waals surface area contributed by atoms with Gasteiger partial charge in [0, 0.05) is 15.5 Å². The van der Waals surface area contributed by atoms with E-state index < -0.39 is 34.6 Å². The Kier molecular flexibility index (Phi) is 7.00. The number of carbonyl (C=O) groups excluding carboxylic acids is 2. The Labute approximate surface area is 166 Å². The van der Waals surface area contributed by atoms with E-state index in [1.807, 2.05) is 38.1 Å². The molecule has 0 aliphatic rings. The second-order valence-electron chi connectivity index (χ2n) is 7.34. The van der Waals surface area contributed by atoms with Crippen molar-refractivity contribution >= 4 is 44.4 Å². The predicted molar refractivity (Wildman–Crippen MR) is 109 cm³/mol. The Hall–Kier alpha value is -1.93. The summed E-state index contributed by atoms with van der Waals surface area (Å²) in [6.07, 6.45) is -0.00301. The zero-order chi connectivity index (χ0) is 20.2. The second kappa shape index (κ2) is 8.84. The minimum absolute atomic E-state index is 0.145. The fraction of sp³-hybridized carbons (Fsp3) is 0.474. The first-order valence-corrected chi connectivity index (χ1v) is 10.8. The fourth-order valence-electron chi connectivity index (χ4n) is 2.44. The number of hydrogen-bond acceptors (Lipinski definition) is 5. The predicted octanol–water partition coefficient (Wildman–Crippen LogP) is 3.98. The number of amides is 2. The van der Waals surface area contributed by atoms with E-state index in [-0.39, 0.29) is 5.92 Å². The third-order valence-corrected chi connectivity index (χ3v) is 6.24. The van der Waals surface area contributed by atoms with Crippen LogP contribution in [0, 0.1) is 5.92 Å². The molecule has 0 aliphatic carbocycles. The van der Waals surface area contributed by atoms with Crippen LogP contribution in [0.25, 0.3) is 10.1 Å². The van der Waals surface area contributed by atoms with Crippen LogP contribution < -0.4 is 10.0 Å². The zero-order valence-corrected chi connectivity index (χ0v) is 17.8. The molecule has 2 rings (SSSR count). The van der Waals surface area contributed by atoms with Gasteiger partial charge < -0.3 is 10.1 Å². The molecule has 0 spiro atoms. The van der Waals surface area contributed by atoms with Gasteiger partial charge in [0.2, 0.25) is 0 Å². The van der Waals surface area contributed by atoms with Crippen LogP contribution in [0.1, 0.15) is 41.0 Å². The summed E-state index contributed by atoms with van der Waals surface area (Å²) in [7, 11) is -1.71. The van der Waals surface area contributed by atoms with E-state index in [1.165, 1.54) is 11.3 Å². The van der Waals surface area contributed by atoms with Crippen LogP contribution >= 0.6 is 11.3 Å². The zero-order valence-electron chi connectivity index (χ0n) is 16.2. The molecule has 1 aromatic heterocycles. The van der Waals surface area contributed by atoms with Crippen molar-refractivity contribution in [1.82, 2.24) is 10.0 Å². The van der Waals surface area contributed by atoms with Crippen LogP contribution in [-0.4, -0.2) is 27.9 Å². The molecule has 1 heterocycles. The highest BCUT2D eigenvalue weighted by atomic mass is 32.2. The minimum Gasteiger partial charge on any atom is -0.444 e. The molecule has 2 N–H and O–H groups in total. The molecule has 0 saturated heterocycles. The van der Waals surface area contributed by atoms with Gasteiger partial charge in [0.1, 0.15) is 11.6 Å². The van der Waals surface area contributed by atoms with Crippen molar-refractivity contribution in [2.75, 3.05) is 0 Å². The van der Waals surface area contributed by atoms with Crippen LogP contribution in [0.15, 0.2) is 34.5 Å². The molecule has 1 unspecified atom stereocenters. The summed E-state index contributed by atoms with van der Waals surface area (Å²) in [5.41, 5.74) is -0.668. The van der Waals surface area contributed by atoms with Gasteiger partial charge in [0.05, 0.1) is 4.90 Å². The van der Waals surface area contributed by atoms with E-state index in [0.717, 1.165) is 10.1 Å². The van der Waals surface area contributed by atoms with Gasteiger partial charge in [-0.3, -0.25) is 9.52 Å². The Morgan fingerprint density at radius 3 is 2.56 bits per heavy atom. The number of nitrogens with one attached hydrogen (secondary N) is 2. The molecule has 2 aromatic rings. The number of rotatable bonds is 6. The number of ether oxygens (including phenoxy) is 1. The number of hydrogen-bond donors (Lipinski definition) is 2. The first kappa shape index (κ1) is 21.4. The van der Waals surface area contributed by atoms with Gasteiger partial charge in [0.25, 0.3) is 5.91 Å². The summed E-state index contributed by atoms with van der Waals surface area (Å²) in [5.74, 6) is -0.641. The number of thiophene rings is 1. The number of fused-ring (bicyclic) bond motifs is 1. The highest BCUT2D eigenvalue weighted by molar-refractivity contribution is 7.84. The molecule has 27 heavy (non-hydrogen) atoms. The lowest BCUT2D eigenvalue weighted by Gasteiger charge is -2.26. The van der Waals surface area contributed by atoms with Crippen molar-refractivity contribution in [3.8, 4) is 0 Å². The van der Waals surface area contributed by atoms with Crippen LogP contribution in [0.3, 0.4) is 0 Å². The SMILES string of the molecule is CC[C@H](C)[C@H](NC(=O)OC(C)(C)C)C(=O)NS(=O)c1csc2ccccc12. The van der Waals surface area contributed by atoms with Crippen molar-refractivity contribution in [2.45, 2.75) is 57.6 Å². The molecule has 3 atom stereocenters. The van der Waals surface area contributed by atoms with Gasteiger partial charge in [-0.05, 0) is 32.8 Å². The van der Waals surface area contributed by atoms with Gasteiger partial charge in [-0.15, -0.1) is 11.3 Å². The van der Waals surface area contributed by atoms with E-state index in [9.17, 15) is 13.8 Å². The average Bonchev–Trinajstić information content (AvgIpc) is 3.01. The first-order valence-electron chi connectivity index (χ1n) is 8.80. The van der Waals surface area contributed by atoms with Gasteiger partial charge in [-0.2, -0.15) is 0 Å². The number of carbonyl (C=O) groups is 2. The molecule has 2 amide bonds. The largest absolute Gasteiger partial charge is 0.444 e. The molecule has 0 fully saturated rings. The third kappa shape index (κ3) is 5.77. The normalized spacial score (nSPS) is 15.0. The third-order valence-electron chi connectivity index (χ3n) is 4.01. The van der Waals surface area contributed by atoms with Crippen molar-refractivity contribution in [3.63, 3.8) is 0 Å². The highest BCUT2D eigenvalue weighted by Crippen LogP contribution is 2.27. The first-order chi connectivity index (χ1) is 12.6. The monoisotopic (exact) mass is 410 g/mol. The molecule has 6 nitrogen and oxygen atoms in total. The molecule has 8 heteroatoms. The molecule has 0 saturated carbocycles. The topological polar surface area (TPSA) is 84.5 Å². The van der Waals surface area contributed by atoms with E-state index in [4.69, 9.17) is 4.74 Å². The minimum atomic E-state index is -1.71. The molecule has 0 bridgehead atoms. The lowest BCUT2D eigenvalue weighted by molar-refractivity contribution is -0.122. The van der Waals surface area contributed by atoms with Crippen LogP contribution in [0.4, 0.5) is 4.79 Å². The summed E-state index contributed by atoms with van der Waals surface area (Å²) in [6.45, 7) is 9.03. The lowest BCUT2D eigenvalue weighted by atomic mass is 9.99. The van der Waals surface area contributed by atoms with Crippen LogP contribution in [-0.2, 0) is 20.5 Å². The van der Waals surface area contributed by atoms with Crippen molar-refractivity contribution in [1.29, 1.82) is 0 Å². The summed E-state index contributed by atoms with van der Waals surface area (Å²) in [5, 5.41) is 5.23. The van der Waals surface area contributed by atoms with Gasteiger partial charge in [-0.25, -0.2) is 9.00 Å². The molecule has 0 aliphatic heterocycles. The second-order valence-corrected chi connectivity index (χ2v) is 9.43. The van der Waals surface area contributed by atoms with Crippen molar-refractivity contribution < 1.29 is 18.5 Å². The standard InChI is InChI=1S/C19H26N2O4S2/c1-6-12(2)16(20-18(23)25-19(3,4)5)17(22)21-27(24)15-11-26-14-10-8-7-9-13(14)15/h7-12,16H,6H2,1-5H3,(H,20,23)(H,21,22)/t12-,16-,27?/m0/s1. The maximum atomic E-state index is 12.7. The number of benzene rings is 1. The maximum Gasteiger partial charge on any atom is 0.408 e. The molecule has 148 valence electrons. The Bertz CT molecular complexity index is 842. The molecule has 0 radical (unpaired) electrons. The fourth-order valence-corrected chi connectivity index (χ4v) is 4.62. The molecular formula is C19H26N2O4S2. The lowest BCUT2D eigenvalue weighted by Crippen LogP contribution is -2.51. The van der Waals surface area contributed by atoms with Crippen LogP contribution in [0.5, 0.6) is 0 Å². The van der Waals surface area contributed by atoms with Gasteiger partial charge in [0.15, 0.2) is 11.0 Å². The maximum absolute atomic E-state index is 12.7. The summed E-state index contributed by atoms with van der Waals surface area (Å²) in [6, 6.07) is 6.75. The Balaban J connectivity index is 2.13. The van der Waals surface area contributed by atoms with E-state index in [0.29, 0.717) is 11.3 Å². The number of alkyl carbamates (subject to hydrolysis) is 1. The van der Waals surface area contributed by atoms with Crippen molar-refractivity contribution in [3.05, 3.63) is 29.6 Å². The molecular weight excluding hydrogens is 384 g/mol. The highest BCUT2D eigenvalue weighted by Gasteiger charge is 2.29. The van der Waals surface area contributed by atoms with Gasteiger partial charge in [-0.1, -0.05) is 38.5 Å². The van der Waals surface area contributed by atoms with Crippen molar-refractivity contribution in [2.24, 2.45) is 5.92 Å². The smallest absolute Gasteiger partial charge is 0.408 e. The van der Waals surface area contributed by atoms with Gasteiger partial charge >= 0.3 is 6.09 Å². The van der Waals surface area contributed by atoms with Crippen LogP contribution in [0.2, 0.25) is 0 Å².